The number of aliphatic hydroxyl groups excluding tert-OH is 1. The van der Waals surface area contributed by atoms with Crippen LogP contribution >= 0.6 is 0 Å². The minimum absolute atomic E-state index is 0.357. The van der Waals surface area contributed by atoms with E-state index in [1.165, 1.54) is 58.2 Å². The smallest absolute Gasteiger partial charge is 0.0431 e. The Bertz CT molecular complexity index is 222. The van der Waals surface area contributed by atoms with E-state index in [2.05, 4.69) is 16.8 Å². The van der Waals surface area contributed by atoms with Crippen LogP contribution in [0.2, 0.25) is 0 Å². The molecule has 100 valence electrons. The second-order valence-electron chi connectivity index (χ2n) is 5.76. The average molecular weight is 240 g/mol. The van der Waals surface area contributed by atoms with Crippen LogP contribution in [0.3, 0.4) is 0 Å². The van der Waals surface area contributed by atoms with Crippen molar-refractivity contribution < 1.29 is 5.11 Å². The fourth-order valence-electron chi connectivity index (χ4n) is 3.50. The summed E-state index contributed by atoms with van der Waals surface area (Å²) in [6.07, 6.45) is 8.99. The topological polar surface area (TPSA) is 26.7 Å². The fraction of sp³-hybridized carbons (Fsp3) is 1.00. The molecule has 2 rings (SSSR count). The predicted molar refractivity (Wildman–Crippen MR) is 71.2 cm³/mol. The highest BCUT2D eigenvalue weighted by Crippen LogP contribution is 2.24. The van der Waals surface area contributed by atoms with Crippen LogP contribution in [-0.2, 0) is 0 Å². The molecule has 2 heterocycles. The van der Waals surface area contributed by atoms with Crippen LogP contribution in [0.15, 0.2) is 0 Å². The quantitative estimate of drug-likeness (QED) is 0.765. The van der Waals surface area contributed by atoms with Gasteiger partial charge in [-0.25, -0.2) is 0 Å². The fourth-order valence-corrected chi connectivity index (χ4v) is 3.50. The number of hydrogen-bond acceptors (Lipinski definition) is 3. The Labute approximate surface area is 106 Å². The normalized spacial score (nSPS) is 31.4. The zero-order chi connectivity index (χ0) is 12.1. The zero-order valence-electron chi connectivity index (χ0n) is 11.3. The standard InChI is InChI=1S/C14H28N2O/c1-15-9-2-5-13(15)8-11-16-10-3-6-14(16)7-4-12-17/h13-14,17H,2-12H2,1H3. The van der Waals surface area contributed by atoms with Gasteiger partial charge < -0.3 is 14.9 Å². The molecule has 17 heavy (non-hydrogen) atoms. The van der Waals surface area contributed by atoms with Crippen LogP contribution in [0.4, 0.5) is 0 Å². The third-order valence-electron chi connectivity index (χ3n) is 4.62. The molecule has 3 nitrogen and oxygen atoms in total. The molecule has 2 aliphatic heterocycles. The van der Waals surface area contributed by atoms with Gasteiger partial charge in [-0.05, 0) is 71.6 Å². The molecule has 2 fully saturated rings. The molecule has 0 aliphatic carbocycles. The van der Waals surface area contributed by atoms with Gasteiger partial charge in [-0.15, -0.1) is 0 Å². The first-order chi connectivity index (χ1) is 8.31. The third kappa shape index (κ3) is 3.67. The van der Waals surface area contributed by atoms with Gasteiger partial charge in [0.2, 0.25) is 0 Å². The summed E-state index contributed by atoms with van der Waals surface area (Å²) in [6.45, 7) is 4.20. The minimum atomic E-state index is 0.357. The summed E-state index contributed by atoms with van der Waals surface area (Å²) in [5, 5.41) is 8.92. The Hall–Kier alpha value is -0.120. The maximum Gasteiger partial charge on any atom is 0.0431 e. The van der Waals surface area contributed by atoms with Crippen molar-refractivity contribution in [1.82, 2.24) is 9.80 Å². The van der Waals surface area contributed by atoms with Gasteiger partial charge in [0.25, 0.3) is 0 Å². The molecular formula is C14H28N2O. The zero-order valence-corrected chi connectivity index (χ0v) is 11.3. The van der Waals surface area contributed by atoms with E-state index >= 15 is 0 Å². The maximum absolute atomic E-state index is 8.92. The summed E-state index contributed by atoms with van der Waals surface area (Å²) in [7, 11) is 2.27. The first-order valence-electron chi connectivity index (χ1n) is 7.36. The molecule has 0 bridgehead atoms. The van der Waals surface area contributed by atoms with E-state index in [4.69, 9.17) is 5.11 Å². The maximum atomic E-state index is 8.92. The van der Waals surface area contributed by atoms with E-state index in [0.717, 1.165) is 18.5 Å². The Kier molecular flexibility index (Phi) is 5.26. The molecule has 0 aromatic carbocycles. The predicted octanol–water partition coefficient (Wildman–Crippen LogP) is 1.71. The van der Waals surface area contributed by atoms with E-state index in [-0.39, 0.29) is 0 Å². The van der Waals surface area contributed by atoms with Crippen molar-refractivity contribution in [2.75, 3.05) is 33.3 Å². The van der Waals surface area contributed by atoms with Crippen LogP contribution in [0, 0.1) is 0 Å². The summed E-state index contributed by atoms with van der Waals surface area (Å²) < 4.78 is 0. The summed E-state index contributed by atoms with van der Waals surface area (Å²) in [6, 6.07) is 1.59. The van der Waals surface area contributed by atoms with E-state index in [1.54, 1.807) is 0 Å². The SMILES string of the molecule is CN1CCCC1CCN1CCCC1CCCO. The molecule has 0 saturated carbocycles. The molecule has 0 spiro atoms. The lowest BCUT2D eigenvalue weighted by Crippen LogP contribution is -2.35. The molecule has 3 heteroatoms. The van der Waals surface area contributed by atoms with E-state index in [9.17, 15) is 0 Å². The van der Waals surface area contributed by atoms with Gasteiger partial charge in [-0.1, -0.05) is 0 Å². The lowest BCUT2D eigenvalue weighted by molar-refractivity contribution is 0.192. The molecule has 2 atom stereocenters. The monoisotopic (exact) mass is 240 g/mol. The molecule has 0 aromatic heterocycles. The summed E-state index contributed by atoms with van der Waals surface area (Å²) in [5.74, 6) is 0. The van der Waals surface area contributed by atoms with Crippen molar-refractivity contribution >= 4 is 0 Å². The van der Waals surface area contributed by atoms with E-state index in [1.807, 2.05) is 0 Å². The number of likely N-dealkylation sites (tertiary alicyclic amines) is 2. The van der Waals surface area contributed by atoms with Gasteiger partial charge >= 0.3 is 0 Å². The molecule has 2 saturated heterocycles. The van der Waals surface area contributed by atoms with Gasteiger partial charge in [0.15, 0.2) is 0 Å². The highest BCUT2D eigenvalue weighted by atomic mass is 16.2. The van der Waals surface area contributed by atoms with Crippen LogP contribution in [0.25, 0.3) is 0 Å². The number of hydrogen-bond donors (Lipinski definition) is 1. The van der Waals surface area contributed by atoms with Crippen LogP contribution < -0.4 is 0 Å². The number of nitrogens with zero attached hydrogens (tertiary/aromatic N) is 2. The first-order valence-corrected chi connectivity index (χ1v) is 7.36. The second kappa shape index (κ2) is 6.72. The highest BCUT2D eigenvalue weighted by molar-refractivity contribution is 4.82. The van der Waals surface area contributed by atoms with Crippen molar-refractivity contribution in [3.63, 3.8) is 0 Å². The van der Waals surface area contributed by atoms with Gasteiger partial charge in [-0.3, -0.25) is 0 Å². The summed E-state index contributed by atoms with van der Waals surface area (Å²) in [4.78, 5) is 5.20. The van der Waals surface area contributed by atoms with Gasteiger partial charge in [0.05, 0.1) is 0 Å². The first kappa shape index (κ1) is 13.3. The van der Waals surface area contributed by atoms with Gasteiger partial charge in [0.1, 0.15) is 0 Å². The number of aliphatic hydroxyl groups is 1. The second-order valence-corrected chi connectivity index (χ2v) is 5.76. The number of rotatable bonds is 6. The van der Waals surface area contributed by atoms with Crippen LogP contribution in [0.5, 0.6) is 0 Å². The Balaban J connectivity index is 1.70. The molecule has 0 aromatic rings. The van der Waals surface area contributed by atoms with Crippen molar-refractivity contribution in [3.05, 3.63) is 0 Å². The van der Waals surface area contributed by atoms with Crippen LogP contribution in [0.1, 0.15) is 44.9 Å². The van der Waals surface area contributed by atoms with Crippen molar-refractivity contribution in [2.45, 2.75) is 57.0 Å². The Morgan fingerprint density at radius 2 is 1.82 bits per heavy atom. The van der Waals surface area contributed by atoms with Crippen molar-refractivity contribution in [2.24, 2.45) is 0 Å². The van der Waals surface area contributed by atoms with Gasteiger partial charge in [0, 0.05) is 18.7 Å². The van der Waals surface area contributed by atoms with Crippen molar-refractivity contribution in [3.8, 4) is 0 Å². The molecule has 0 radical (unpaired) electrons. The molecular weight excluding hydrogens is 212 g/mol. The van der Waals surface area contributed by atoms with Crippen LogP contribution in [-0.4, -0.2) is 60.3 Å². The summed E-state index contributed by atoms with van der Waals surface area (Å²) >= 11 is 0. The van der Waals surface area contributed by atoms with E-state index < -0.39 is 0 Å². The summed E-state index contributed by atoms with van der Waals surface area (Å²) in [5.41, 5.74) is 0. The molecule has 1 N–H and O–H groups in total. The van der Waals surface area contributed by atoms with Gasteiger partial charge in [-0.2, -0.15) is 0 Å². The lowest BCUT2D eigenvalue weighted by atomic mass is 10.1. The Morgan fingerprint density at radius 1 is 1.06 bits per heavy atom. The van der Waals surface area contributed by atoms with E-state index in [0.29, 0.717) is 6.61 Å². The molecule has 0 amide bonds. The highest BCUT2D eigenvalue weighted by Gasteiger charge is 2.26. The third-order valence-corrected chi connectivity index (χ3v) is 4.62. The average Bonchev–Trinajstić information content (AvgIpc) is 2.93. The largest absolute Gasteiger partial charge is 0.396 e. The Morgan fingerprint density at radius 3 is 2.53 bits per heavy atom. The molecule has 2 unspecified atom stereocenters. The van der Waals surface area contributed by atoms with Crippen molar-refractivity contribution in [1.29, 1.82) is 0 Å². The minimum Gasteiger partial charge on any atom is -0.396 e. The lowest BCUT2D eigenvalue weighted by Gasteiger charge is -2.27. The molecule has 2 aliphatic rings.